The maximum absolute atomic E-state index is 13.1. The minimum absolute atomic E-state index is 0.202. The van der Waals surface area contributed by atoms with Crippen LogP contribution in [-0.2, 0) is 11.0 Å². The van der Waals surface area contributed by atoms with Crippen LogP contribution in [0.1, 0.15) is 37.8 Å². The molecule has 25 heavy (non-hydrogen) atoms. The maximum atomic E-state index is 13.1. The normalized spacial score (nSPS) is 17.2. The van der Waals surface area contributed by atoms with Gasteiger partial charge >= 0.3 is 12.2 Å². The number of amides is 3. The maximum Gasteiger partial charge on any atom is 0.417 e. The summed E-state index contributed by atoms with van der Waals surface area (Å²) in [5.74, 6) is -0.612. The Labute approximate surface area is 143 Å². The van der Waals surface area contributed by atoms with Crippen molar-refractivity contribution in [3.63, 3.8) is 0 Å². The fourth-order valence-electron chi connectivity index (χ4n) is 2.71. The molecule has 0 N–H and O–H groups in total. The number of hydrogen-bond donors (Lipinski definition) is 0. The van der Waals surface area contributed by atoms with Crippen LogP contribution in [-0.4, -0.2) is 28.9 Å². The number of rotatable bonds is 4. The molecule has 3 amide bonds. The van der Waals surface area contributed by atoms with E-state index >= 15 is 0 Å². The second-order valence-corrected chi connectivity index (χ2v) is 6.18. The number of imide groups is 1. The molecule has 1 heterocycles. The molecule has 1 radical (unpaired) electrons. The van der Waals surface area contributed by atoms with Crippen molar-refractivity contribution in [2.45, 2.75) is 38.4 Å². The Hall–Kier alpha value is -2.56. The number of carbonyl (C=O) groups excluding carboxylic acids is 2. The lowest BCUT2D eigenvalue weighted by Gasteiger charge is -2.27. The highest BCUT2D eigenvalue weighted by Gasteiger charge is 2.51. The van der Waals surface area contributed by atoms with Crippen molar-refractivity contribution >= 4 is 17.6 Å². The standard InChI is InChI=1S/C17H17F3N3O2/c1-4-5-8-22-15(25)23(14(24)16(22,2)3)12-7-6-11(10-21)13(9-12)17(18,19)20/h6-7,9H,1,4-5,8H2,2-3H3. The molecule has 0 bridgehead atoms. The second kappa shape index (κ2) is 6.39. The summed E-state index contributed by atoms with van der Waals surface area (Å²) in [6.45, 7) is 7.05. The first-order valence-electron chi connectivity index (χ1n) is 7.62. The van der Waals surface area contributed by atoms with Gasteiger partial charge in [-0.15, -0.1) is 0 Å². The number of nitrogens with zero attached hydrogens (tertiary/aromatic N) is 3. The van der Waals surface area contributed by atoms with Crippen LogP contribution in [0.5, 0.6) is 0 Å². The van der Waals surface area contributed by atoms with Gasteiger partial charge in [0.15, 0.2) is 0 Å². The highest BCUT2D eigenvalue weighted by molar-refractivity contribution is 6.23. The zero-order valence-electron chi connectivity index (χ0n) is 13.9. The number of alkyl halides is 3. The molecule has 5 nitrogen and oxygen atoms in total. The number of carbonyl (C=O) groups is 2. The van der Waals surface area contributed by atoms with Crippen molar-refractivity contribution in [2.75, 3.05) is 11.4 Å². The van der Waals surface area contributed by atoms with Gasteiger partial charge in [0, 0.05) is 6.54 Å². The van der Waals surface area contributed by atoms with Crippen LogP contribution >= 0.6 is 0 Å². The van der Waals surface area contributed by atoms with Crippen molar-refractivity contribution in [1.82, 2.24) is 4.90 Å². The predicted octanol–water partition coefficient (Wildman–Crippen LogP) is 3.74. The van der Waals surface area contributed by atoms with Gasteiger partial charge in [-0.25, -0.2) is 9.69 Å². The Morgan fingerprint density at radius 3 is 2.44 bits per heavy atom. The van der Waals surface area contributed by atoms with Gasteiger partial charge in [0.2, 0.25) is 0 Å². The number of urea groups is 1. The molecule has 0 unspecified atom stereocenters. The van der Waals surface area contributed by atoms with Crippen molar-refractivity contribution < 1.29 is 22.8 Å². The molecule has 1 aromatic rings. The number of hydrogen-bond acceptors (Lipinski definition) is 3. The topological polar surface area (TPSA) is 64.4 Å². The Morgan fingerprint density at radius 2 is 1.92 bits per heavy atom. The van der Waals surface area contributed by atoms with Crippen LogP contribution in [0.3, 0.4) is 0 Å². The Balaban J connectivity index is 2.50. The number of halogens is 3. The van der Waals surface area contributed by atoms with Crippen LogP contribution in [0, 0.1) is 18.3 Å². The predicted molar refractivity (Wildman–Crippen MR) is 84.4 cm³/mol. The lowest BCUT2D eigenvalue weighted by Crippen LogP contribution is -2.44. The van der Waals surface area contributed by atoms with E-state index in [0.717, 1.165) is 11.0 Å². The largest absolute Gasteiger partial charge is 0.417 e. The summed E-state index contributed by atoms with van der Waals surface area (Å²) in [5, 5.41) is 8.85. The van der Waals surface area contributed by atoms with Crippen molar-refractivity contribution in [2.24, 2.45) is 0 Å². The first kappa shape index (κ1) is 18.8. The quantitative estimate of drug-likeness (QED) is 0.776. The number of benzene rings is 1. The molecular formula is C17H17F3N3O2. The number of anilines is 1. The van der Waals surface area contributed by atoms with E-state index < -0.39 is 34.8 Å². The average Bonchev–Trinajstić information content (AvgIpc) is 2.70. The van der Waals surface area contributed by atoms with Gasteiger partial charge in [0.25, 0.3) is 5.91 Å². The monoisotopic (exact) mass is 352 g/mol. The second-order valence-electron chi connectivity index (χ2n) is 6.18. The van der Waals surface area contributed by atoms with E-state index in [-0.39, 0.29) is 12.2 Å². The molecule has 0 aromatic heterocycles. The smallest absolute Gasteiger partial charge is 0.310 e. The van der Waals surface area contributed by atoms with Crippen LogP contribution in [0.2, 0.25) is 0 Å². The molecule has 0 saturated carbocycles. The summed E-state index contributed by atoms with van der Waals surface area (Å²) in [4.78, 5) is 27.3. The van der Waals surface area contributed by atoms with Gasteiger partial charge in [0.05, 0.1) is 22.9 Å². The molecule has 1 aromatic carbocycles. The van der Waals surface area contributed by atoms with Crippen LogP contribution < -0.4 is 4.90 Å². The highest BCUT2D eigenvalue weighted by Crippen LogP contribution is 2.37. The van der Waals surface area contributed by atoms with Crippen LogP contribution in [0.15, 0.2) is 18.2 Å². The molecule has 0 spiro atoms. The van der Waals surface area contributed by atoms with E-state index in [1.807, 2.05) is 0 Å². The zero-order valence-corrected chi connectivity index (χ0v) is 13.9. The van der Waals surface area contributed by atoms with E-state index in [0.29, 0.717) is 18.9 Å². The summed E-state index contributed by atoms with van der Waals surface area (Å²) >= 11 is 0. The molecule has 1 aliphatic heterocycles. The molecular weight excluding hydrogens is 335 g/mol. The molecule has 0 aliphatic carbocycles. The third kappa shape index (κ3) is 3.18. The Kier molecular flexibility index (Phi) is 4.80. The van der Waals surface area contributed by atoms with Gasteiger partial charge in [-0.1, -0.05) is 13.3 Å². The third-order valence-electron chi connectivity index (χ3n) is 4.14. The summed E-state index contributed by atoms with van der Waals surface area (Å²) in [6, 6.07) is 3.59. The van der Waals surface area contributed by atoms with Gasteiger partial charge in [-0.2, -0.15) is 18.4 Å². The lowest BCUT2D eigenvalue weighted by atomic mass is 10.0. The SMILES string of the molecule is [CH2]CCCN1C(=O)N(c2ccc(C#N)c(C(F)(F)F)c2)C(=O)C1(C)C. The Morgan fingerprint density at radius 1 is 1.28 bits per heavy atom. The fraction of sp³-hybridized carbons (Fsp3) is 0.412. The van der Waals surface area contributed by atoms with E-state index in [9.17, 15) is 22.8 Å². The van der Waals surface area contributed by atoms with Crippen molar-refractivity contribution in [1.29, 1.82) is 5.26 Å². The molecule has 8 heteroatoms. The van der Waals surface area contributed by atoms with Crippen molar-refractivity contribution in [3.05, 3.63) is 36.2 Å². The molecule has 1 aliphatic rings. The van der Waals surface area contributed by atoms with E-state index in [1.54, 1.807) is 13.8 Å². The molecule has 0 atom stereocenters. The van der Waals surface area contributed by atoms with E-state index in [4.69, 9.17) is 5.26 Å². The van der Waals surface area contributed by atoms with Gasteiger partial charge < -0.3 is 4.90 Å². The van der Waals surface area contributed by atoms with E-state index in [1.165, 1.54) is 17.0 Å². The lowest BCUT2D eigenvalue weighted by molar-refractivity contribution is -0.137. The number of nitriles is 1. The first-order chi connectivity index (χ1) is 11.6. The van der Waals surface area contributed by atoms with Crippen LogP contribution in [0.4, 0.5) is 23.7 Å². The average molecular weight is 352 g/mol. The minimum atomic E-state index is -4.77. The van der Waals surface area contributed by atoms with Gasteiger partial charge in [-0.05, 0) is 38.5 Å². The third-order valence-corrected chi connectivity index (χ3v) is 4.14. The summed E-state index contributed by atoms with van der Waals surface area (Å²) in [7, 11) is 0. The minimum Gasteiger partial charge on any atom is -0.310 e. The zero-order chi connectivity index (χ0) is 19.0. The van der Waals surface area contributed by atoms with Gasteiger partial charge in [0.1, 0.15) is 5.54 Å². The summed E-state index contributed by atoms with van der Waals surface area (Å²) < 4.78 is 39.4. The summed E-state index contributed by atoms with van der Waals surface area (Å²) in [6.07, 6.45) is -3.64. The van der Waals surface area contributed by atoms with Gasteiger partial charge in [-0.3, -0.25) is 4.79 Å². The molecule has 133 valence electrons. The number of unbranched alkanes of at least 4 members (excludes halogenated alkanes) is 1. The Bertz CT molecular complexity index is 750. The summed E-state index contributed by atoms with van der Waals surface area (Å²) in [5.41, 5.74) is -3.12. The highest BCUT2D eigenvalue weighted by atomic mass is 19.4. The van der Waals surface area contributed by atoms with Crippen LogP contribution in [0.25, 0.3) is 0 Å². The van der Waals surface area contributed by atoms with Crippen molar-refractivity contribution in [3.8, 4) is 6.07 Å². The fourth-order valence-corrected chi connectivity index (χ4v) is 2.71. The molecule has 2 rings (SSSR count). The first-order valence-corrected chi connectivity index (χ1v) is 7.62. The molecule has 1 fully saturated rings. The molecule has 1 saturated heterocycles. The van der Waals surface area contributed by atoms with E-state index in [2.05, 4.69) is 6.92 Å².